The molecule has 7 nitrogen and oxygen atoms in total. The number of carbonyl (C=O) groups is 1. The fraction of sp³-hybridized carbons (Fsp3) is 0.364. The van der Waals surface area contributed by atoms with E-state index in [4.69, 9.17) is 14.4 Å². The van der Waals surface area contributed by atoms with E-state index in [1.807, 2.05) is 0 Å². The van der Waals surface area contributed by atoms with Gasteiger partial charge in [0.1, 0.15) is 22.8 Å². The highest BCUT2D eigenvalue weighted by Gasteiger charge is 2.32. The second-order valence-electron chi connectivity index (χ2n) is 8.46. The van der Waals surface area contributed by atoms with Gasteiger partial charge in [0.05, 0.1) is 16.5 Å². The van der Waals surface area contributed by atoms with E-state index in [2.05, 4.69) is 10.8 Å². The van der Waals surface area contributed by atoms with E-state index in [-0.39, 0.29) is 10.8 Å². The van der Waals surface area contributed by atoms with Crippen molar-refractivity contribution in [1.82, 2.24) is 4.72 Å². The summed E-state index contributed by atoms with van der Waals surface area (Å²) in [6.07, 6.45) is 0. The Labute approximate surface area is 175 Å². The molecule has 0 radical (unpaired) electrons. The zero-order chi connectivity index (χ0) is 22.3. The van der Waals surface area contributed by atoms with Crippen LogP contribution < -0.4 is 4.72 Å². The molecular formula is C22H24N2O5S. The minimum Gasteiger partial charge on any atom is -0.459 e. The lowest BCUT2D eigenvalue weighted by molar-refractivity contribution is -0.158. The lowest BCUT2D eigenvalue weighted by atomic mass is 10.1. The molecule has 1 heterocycles. The number of esters is 1. The summed E-state index contributed by atoms with van der Waals surface area (Å²) in [4.78, 5) is 12.5. The molecule has 0 amide bonds. The second-order valence-corrected chi connectivity index (χ2v) is 10.2. The molecule has 0 aliphatic rings. The maximum Gasteiger partial charge on any atom is 0.324 e. The number of benzene rings is 2. The number of furan rings is 1. The van der Waals surface area contributed by atoms with Crippen LogP contribution in [0.2, 0.25) is 0 Å². The van der Waals surface area contributed by atoms with E-state index in [0.717, 1.165) is 5.39 Å². The zero-order valence-corrected chi connectivity index (χ0v) is 18.3. The predicted octanol–water partition coefficient (Wildman–Crippen LogP) is 4.10. The first-order valence-electron chi connectivity index (χ1n) is 9.53. The lowest BCUT2D eigenvalue weighted by Gasteiger charge is -2.26. The summed E-state index contributed by atoms with van der Waals surface area (Å²) in [5, 5.41) is 10.5. The van der Waals surface area contributed by atoms with Gasteiger partial charge in [-0.2, -0.15) is 9.98 Å². The third-order valence-corrected chi connectivity index (χ3v) is 5.93. The smallest absolute Gasteiger partial charge is 0.324 e. The minimum atomic E-state index is -4.01. The summed E-state index contributed by atoms with van der Waals surface area (Å²) in [7, 11) is -4.01. The van der Waals surface area contributed by atoms with Gasteiger partial charge in [-0.05, 0) is 57.0 Å². The number of nitrogens with zero attached hydrogens (tertiary/aromatic N) is 1. The van der Waals surface area contributed by atoms with E-state index in [9.17, 15) is 13.2 Å². The number of nitrogens with one attached hydrogen (secondary N) is 1. The summed E-state index contributed by atoms with van der Waals surface area (Å²) >= 11 is 0. The average Bonchev–Trinajstić information content (AvgIpc) is 3.01. The van der Waals surface area contributed by atoms with E-state index in [1.54, 1.807) is 58.9 Å². The second kappa shape index (κ2) is 7.74. The number of hydrogen-bond acceptors (Lipinski definition) is 6. The van der Waals surface area contributed by atoms with Crippen LogP contribution in [0.1, 0.15) is 40.2 Å². The van der Waals surface area contributed by atoms with Gasteiger partial charge in [0.2, 0.25) is 10.0 Å². The quantitative estimate of drug-likeness (QED) is 0.613. The van der Waals surface area contributed by atoms with Gasteiger partial charge in [0.25, 0.3) is 0 Å². The van der Waals surface area contributed by atoms with Gasteiger partial charge in [0, 0.05) is 16.8 Å². The van der Waals surface area contributed by atoms with Crippen molar-refractivity contribution in [1.29, 1.82) is 5.26 Å². The van der Waals surface area contributed by atoms with Gasteiger partial charge < -0.3 is 9.15 Å². The van der Waals surface area contributed by atoms with E-state index < -0.39 is 27.6 Å². The maximum atomic E-state index is 13.0. The van der Waals surface area contributed by atoms with Gasteiger partial charge in [-0.1, -0.05) is 13.8 Å². The third kappa shape index (κ3) is 4.48. The van der Waals surface area contributed by atoms with Crippen LogP contribution in [0.4, 0.5) is 0 Å². The number of carbonyl (C=O) groups excluding carboxylic acids is 1. The van der Waals surface area contributed by atoms with Gasteiger partial charge in [-0.25, -0.2) is 8.42 Å². The summed E-state index contributed by atoms with van der Waals surface area (Å²) in [5.74, 6) is -0.941. The summed E-state index contributed by atoms with van der Waals surface area (Å²) in [5.41, 5.74) is 0.688. The Bertz CT molecular complexity index is 1260. The van der Waals surface area contributed by atoms with E-state index in [1.165, 1.54) is 12.1 Å². The highest BCUT2D eigenvalue weighted by molar-refractivity contribution is 7.89. The van der Waals surface area contributed by atoms with Crippen molar-refractivity contribution in [2.24, 2.45) is 5.92 Å². The van der Waals surface area contributed by atoms with Crippen LogP contribution in [0.15, 0.2) is 45.7 Å². The van der Waals surface area contributed by atoms with Crippen LogP contribution in [0.5, 0.6) is 0 Å². The van der Waals surface area contributed by atoms with Crippen molar-refractivity contribution >= 4 is 37.9 Å². The van der Waals surface area contributed by atoms with Crippen LogP contribution in [-0.4, -0.2) is 26.0 Å². The molecule has 2 aromatic carbocycles. The Balaban J connectivity index is 1.97. The van der Waals surface area contributed by atoms with Crippen LogP contribution in [0.3, 0.4) is 0 Å². The van der Waals surface area contributed by atoms with E-state index >= 15 is 0 Å². The summed E-state index contributed by atoms with van der Waals surface area (Å²) in [6, 6.07) is 10.6. The molecule has 1 N–H and O–H groups in total. The summed E-state index contributed by atoms with van der Waals surface area (Å²) in [6.45, 7) is 8.66. The van der Waals surface area contributed by atoms with Crippen molar-refractivity contribution in [3.63, 3.8) is 0 Å². The molecule has 1 aromatic heterocycles. The molecule has 0 unspecified atom stereocenters. The fourth-order valence-corrected chi connectivity index (χ4v) is 4.40. The number of fused-ring (bicyclic) bond motifs is 3. The Morgan fingerprint density at radius 3 is 2.40 bits per heavy atom. The first kappa shape index (κ1) is 21.8. The Hall–Kier alpha value is -2.89. The van der Waals surface area contributed by atoms with Crippen molar-refractivity contribution < 1.29 is 22.4 Å². The third-order valence-electron chi connectivity index (χ3n) is 4.49. The molecule has 0 saturated heterocycles. The Morgan fingerprint density at radius 1 is 1.10 bits per heavy atom. The SMILES string of the molecule is CC(C)[C@H](NS(=O)(=O)c1ccc2c(c1)oc1ccc(C#N)cc12)C(=O)OC(C)(C)C. The maximum absolute atomic E-state index is 13.0. The molecule has 0 saturated carbocycles. The lowest BCUT2D eigenvalue weighted by Crippen LogP contribution is -2.47. The van der Waals surface area contributed by atoms with Crippen molar-refractivity contribution in [3.05, 3.63) is 42.0 Å². The average molecular weight is 429 g/mol. The molecule has 0 spiro atoms. The van der Waals surface area contributed by atoms with E-state index in [0.29, 0.717) is 22.1 Å². The largest absolute Gasteiger partial charge is 0.459 e. The highest BCUT2D eigenvalue weighted by atomic mass is 32.2. The predicted molar refractivity (Wildman–Crippen MR) is 113 cm³/mol. The number of rotatable bonds is 5. The first-order chi connectivity index (χ1) is 13.9. The standard InChI is InChI=1S/C22H24N2O5S/c1-13(2)20(21(25)29-22(3,4)5)24-30(26,27)15-7-8-16-17-10-14(12-23)6-9-18(17)28-19(16)11-15/h6-11,13,20,24H,1-5H3/t20-/m0/s1. The zero-order valence-electron chi connectivity index (χ0n) is 17.5. The molecule has 0 aliphatic heterocycles. The number of hydrogen-bond donors (Lipinski definition) is 1. The molecule has 158 valence electrons. The molecule has 8 heteroatoms. The molecule has 3 aromatic rings. The van der Waals surface area contributed by atoms with Gasteiger partial charge in [-0.15, -0.1) is 0 Å². The molecule has 1 atom stereocenters. The molecule has 0 aliphatic carbocycles. The Morgan fingerprint density at radius 2 is 1.80 bits per heavy atom. The molecule has 0 bridgehead atoms. The normalized spacial score (nSPS) is 13.5. The molecule has 30 heavy (non-hydrogen) atoms. The summed E-state index contributed by atoms with van der Waals surface area (Å²) < 4.78 is 39.5. The number of ether oxygens (including phenoxy) is 1. The topological polar surface area (TPSA) is 109 Å². The van der Waals surface area contributed by atoms with Crippen LogP contribution >= 0.6 is 0 Å². The van der Waals surface area contributed by atoms with Crippen LogP contribution in [0.25, 0.3) is 21.9 Å². The molecule has 0 fully saturated rings. The van der Waals surface area contributed by atoms with Gasteiger partial charge in [-0.3, -0.25) is 4.79 Å². The van der Waals surface area contributed by atoms with Crippen molar-refractivity contribution in [2.75, 3.05) is 0 Å². The van der Waals surface area contributed by atoms with Gasteiger partial charge in [0.15, 0.2) is 0 Å². The number of nitriles is 1. The monoisotopic (exact) mass is 428 g/mol. The van der Waals surface area contributed by atoms with Crippen LogP contribution in [0, 0.1) is 17.2 Å². The first-order valence-corrected chi connectivity index (χ1v) is 11.0. The van der Waals surface area contributed by atoms with Crippen LogP contribution in [-0.2, 0) is 19.6 Å². The fourth-order valence-electron chi connectivity index (χ4n) is 3.05. The van der Waals surface area contributed by atoms with Crippen molar-refractivity contribution in [3.8, 4) is 6.07 Å². The number of sulfonamides is 1. The highest BCUT2D eigenvalue weighted by Crippen LogP contribution is 2.31. The molecular weight excluding hydrogens is 404 g/mol. The Kier molecular flexibility index (Phi) is 5.63. The van der Waals surface area contributed by atoms with Crippen molar-refractivity contribution in [2.45, 2.75) is 51.2 Å². The minimum absolute atomic E-state index is 0.0243. The van der Waals surface area contributed by atoms with Gasteiger partial charge >= 0.3 is 5.97 Å². The molecule has 3 rings (SSSR count).